The third kappa shape index (κ3) is 4.18. The zero-order valence-electron chi connectivity index (χ0n) is 16.6. The predicted molar refractivity (Wildman–Crippen MR) is 108 cm³/mol. The number of anilines is 1. The molecule has 0 N–H and O–H groups in total. The van der Waals surface area contributed by atoms with Crippen LogP contribution in [0.5, 0.6) is 11.5 Å². The van der Waals surface area contributed by atoms with Gasteiger partial charge in [0.25, 0.3) is 5.91 Å². The number of para-hydroxylation sites is 2. The summed E-state index contributed by atoms with van der Waals surface area (Å²) in [6, 6.07) is 13.9. The second-order valence-electron chi connectivity index (χ2n) is 6.94. The summed E-state index contributed by atoms with van der Waals surface area (Å²) in [5.41, 5.74) is 3.32. The van der Waals surface area contributed by atoms with E-state index in [1.165, 1.54) is 0 Å². The summed E-state index contributed by atoms with van der Waals surface area (Å²) in [6.45, 7) is 8.82. The molecule has 0 saturated carbocycles. The molecule has 0 aliphatic carbocycles. The van der Waals surface area contributed by atoms with E-state index >= 15 is 0 Å². The molecule has 0 radical (unpaired) electrons. The summed E-state index contributed by atoms with van der Waals surface area (Å²) in [4.78, 5) is 17.0. The number of carbonyl (C=O) groups excluding carboxylic acids is 1. The van der Waals surface area contributed by atoms with Gasteiger partial charge in [-0.25, -0.2) is 0 Å². The van der Waals surface area contributed by atoms with Crippen molar-refractivity contribution < 1.29 is 14.3 Å². The molecular weight excluding hydrogens is 340 g/mol. The molecule has 2 aromatic rings. The number of aryl methyl sites for hydroxylation is 1. The zero-order chi connectivity index (χ0) is 19.4. The summed E-state index contributed by atoms with van der Waals surface area (Å²) in [7, 11) is 1.69. The van der Waals surface area contributed by atoms with Gasteiger partial charge in [-0.2, -0.15) is 0 Å². The lowest BCUT2D eigenvalue weighted by Crippen LogP contribution is -2.52. The molecule has 1 heterocycles. The molecule has 0 spiro atoms. The molecule has 1 aliphatic heterocycles. The average Bonchev–Trinajstić information content (AvgIpc) is 2.71. The Bertz CT molecular complexity index is 798. The van der Waals surface area contributed by atoms with Gasteiger partial charge >= 0.3 is 0 Å². The number of ether oxygens (including phenoxy) is 2. The summed E-state index contributed by atoms with van der Waals surface area (Å²) in [5.74, 6) is 1.68. The summed E-state index contributed by atoms with van der Waals surface area (Å²) in [5, 5.41) is 0. The van der Waals surface area contributed by atoms with Crippen molar-refractivity contribution in [1.82, 2.24) is 4.90 Å². The van der Waals surface area contributed by atoms with Crippen LogP contribution in [0.1, 0.15) is 18.1 Å². The molecule has 1 amide bonds. The number of nitrogens with zero attached hydrogens (tertiary/aromatic N) is 2. The van der Waals surface area contributed by atoms with Crippen LogP contribution in [0.4, 0.5) is 5.69 Å². The quantitative estimate of drug-likeness (QED) is 0.811. The number of benzene rings is 2. The summed E-state index contributed by atoms with van der Waals surface area (Å²) < 4.78 is 11.4. The van der Waals surface area contributed by atoms with E-state index in [0.29, 0.717) is 13.1 Å². The first-order valence-electron chi connectivity index (χ1n) is 9.41. The smallest absolute Gasteiger partial charge is 0.263 e. The molecule has 27 heavy (non-hydrogen) atoms. The van der Waals surface area contributed by atoms with E-state index in [0.717, 1.165) is 41.4 Å². The molecule has 3 rings (SSSR count). The normalized spacial score (nSPS) is 15.4. The molecular formula is C22H28N2O3. The first-order chi connectivity index (χ1) is 13.0. The number of amides is 1. The van der Waals surface area contributed by atoms with Crippen molar-refractivity contribution in [1.29, 1.82) is 0 Å². The van der Waals surface area contributed by atoms with Crippen LogP contribution in [0.3, 0.4) is 0 Å². The van der Waals surface area contributed by atoms with Crippen molar-refractivity contribution in [3.63, 3.8) is 0 Å². The monoisotopic (exact) mass is 368 g/mol. The Morgan fingerprint density at radius 2 is 1.63 bits per heavy atom. The Morgan fingerprint density at radius 3 is 2.33 bits per heavy atom. The Morgan fingerprint density at radius 1 is 0.963 bits per heavy atom. The first-order valence-corrected chi connectivity index (χ1v) is 9.41. The minimum Gasteiger partial charge on any atom is -0.495 e. The number of piperazine rings is 1. The van der Waals surface area contributed by atoms with Crippen molar-refractivity contribution in [2.45, 2.75) is 26.9 Å². The number of hydrogen-bond acceptors (Lipinski definition) is 4. The number of hydrogen-bond donors (Lipinski definition) is 0. The summed E-state index contributed by atoms with van der Waals surface area (Å²) in [6.07, 6.45) is -0.497. The second kappa shape index (κ2) is 8.33. The van der Waals surface area contributed by atoms with Crippen molar-refractivity contribution in [3.05, 3.63) is 53.6 Å². The molecule has 5 nitrogen and oxygen atoms in total. The van der Waals surface area contributed by atoms with Gasteiger partial charge in [0.1, 0.15) is 11.5 Å². The minimum atomic E-state index is -0.497. The number of methoxy groups -OCH3 is 1. The van der Waals surface area contributed by atoms with E-state index in [9.17, 15) is 4.79 Å². The van der Waals surface area contributed by atoms with Gasteiger partial charge in [-0.05, 0) is 50.1 Å². The zero-order valence-corrected chi connectivity index (χ0v) is 16.6. The van der Waals surface area contributed by atoms with Crippen LogP contribution in [0.25, 0.3) is 0 Å². The van der Waals surface area contributed by atoms with Gasteiger partial charge in [-0.1, -0.05) is 24.3 Å². The molecule has 5 heteroatoms. The molecule has 1 fully saturated rings. The van der Waals surface area contributed by atoms with Gasteiger partial charge in [0.2, 0.25) is 0 Å². The lowest BCUT2D eigenvalue weighted by Gasteiger charge is -2.37. The van der Waals surface area contributed by atoms with Gasteiger partial charge < -0.3 is 19.3 Å². The molecule has 1 unspecified atom stereocenters. The van der Waals surface area contributed by atoms with Crippen molar-refractivity contribution in [2.75, 3.05) is 38.2 Å². The maximum Gasteiger partial charge on any atom is 0.263 e. The largest absolute Gasteiger partial charge is 0.495 e. The van der Waals surface area contributed by atoms with E-state index in [1.54, 1.807) is 7.11 Å². The lowest BCUT2D eigenvalue weighted by molar-refractivity contribution is -0.138. The van der Waals surface area contributed by atoms with Gasteiger partial charge in [-0.3, -0.25) is 4.79 Å². The van der Waals surface area contributed by atoms with E-state index in [1.807, 2.05) is 62.1 Å². The van der Waals surface area contributed by atoms with Crippen LogP contribution in [0.15, 0.2) is 42.5 Å². The van der Waals surface area contributed by atoms with E-state index in [2.05, 4.69) is 11.0 Å². The second-order valence-corrected chi connectivity index (χ2v) is 6.94. The van der Waals surface area contributed by atoms with Crippen LogP contribution in [-0.2, 0) is 4.79 Å². The maximum atomic E-state index is 12.8. The Labute approximate surface area is 161 Å². The van der Waals surface area contributed by atoms with Gasteiger partial charge in [0, 0.05) is 26.2 Å². The molecule has 0 bridgehead atoms. The van der Waals surface area contributed by atoms with E-state index in [4.69, 9.17) is 9.47 Å². The van der Waals surface area contributed by atoms with Crippen LogP contribution >= 0.6 is 0 Å². The lowest BCUT2D eigenvalue weighted by atomic mass is 10.1. The fourth-order valence-corrected chi connectivity index (χ4v) is 3.41. The highest BCUT2D eigenvalue weighted by Crippen LogP contribution is 2.28. The van der Waals surface area contributed by atoms with Crippen LogP contribution in [0, 0.1) is 13.8 Å². The third-order valence-corrected chi connectivity index (χ3v) is 5.22. The molecule has 1 saturated heterocycles. The Hall–Kier alpha value is -2.69. The molecule has 0 aromatic heterocycles. The highest BCUT2D eigenvalue weighted by Gasteiger charge is 2.27. The van der Waals surface area contributed by atoms with Crippen molar-refractivity contribution in [2.24, 2.45) is 0 Å². The molecule has 2 aromatic carbocycles. The molecule has 144 valence electrons. The van der Waals surface area contributed by atoms with Crippen LogP contribution in [0.2, 0.25) is 0 Å². The standard InChI is InChI=1S/C22H28N2O3/c1-16-8-7-11-20(17(16)2)27-18(3)22(25)24-14-12-23(13-15-24)19-9-5-6-10-21(19)26-4/h5-11,18H,12-15H2,1-4H3. The van der Waals surface area contributed by atoms with Gasteiger partial charge in [-0.15, -0.1) is 0 Å². The fraction of sp³-hybridized carbons (Fsp3) is 0.409. The Kier molecular flexibility index (Phi) is 5.89. The first kappa shape index (κ1) is 19.1. The Balaban J connectivity index is 1.60. The van der Waals surface area contributed by atoms with E-state index < -0.39 is 6.10 Å². The summed E-state index contributed by atoms with van der Waals surface area (Å²) >= 11 is 0. The van der Waals surface area contributed by atoms with Crippen molar-refractivity contribution >= 4 is 11.6 Å². The SMILES string of the molecule is COc1ccccc1N1CCN(C(=O)C(C)Oc2cccc(C)c2C)CC1. The maximum absolute atomic E-state index is 12.8. The number of carbonyl (C=O) groups is 1. The minimum absolute atomic E-state index is 0.0376. The van der Waals surface area contributed by atoms with Crippen LogP contribution < -0.4 is 14.4 Å². The van der Waals surface area contributed by atoms with Gasteiger partial charge in [0.05, 0.1) is 12.8 Å². The highest BCUT2D eigenvalue weighted by atomic mass is 16.5. The number of rotatable bonds is 5. The fourth-order valence-electron chi connectivity index (χ4n) is 3.41. The van der Waals surface area contributed by atoms with Crippen LogP contribution in [-0.4, -0.2) is 50.2 Å². The van der Waals surface area contributed by atoms with E-state index in [-0.39, 0.29) is 5.91 Å². The van der Waals surface area contributed by atoms with Crippen molar-refractivity contribution in [3.8, 4) is 11.5 Å². The third-order valence-electron chi connectivity index (χ3n) is 5.22. The highest BCUT2D eigenvalue weighted by molar-refractivity contribution is 5.81. The topological polar surface area (TPSA) is 42.0 Å². The average molecular weight is 368 g/mol. The molecule has 1 aliphatic rings. The van der Waals surface area contributed by atoms with Gasteiger partial charge in [0.15, 0.2) is 6.10 Å². The predicted octanol–water partition coefficient (Wildman–Crippen LogP) is 3.43. The molecule has 1 atom stereocenters.